The maximum atomic E-state index is 12.8. The Labute approximate surface area is 145 Å². The zero-order valence-electron chi connectivity index (χ0n) is 13.2. The minimum atomic E-state index is -3.79. The van der Waals surface area contributed by atoms with Crippen molar-refractivity contribution in [3.8, 4) is 11.3 Å². The van der Waals surface area contributed by atoms with Crippen molar-refractivity contribution < 1.29 is 8.42 Å². The highest BCUT2D eigenvalue weighted by Crippen LogP contribution is 2.28. The number of benzene rings is 2. The van der Waals surface area contributed by atoms with Crippen LogP contribution in [0.4, 0.5) is 5.69 Å². The van der Waals surface area contributed by atoms with E-state index in [0.29, 0.717) is 16.4 Å². The van der Waals surface area contributed by atoms with Crippen molar-refractivity contribution >= 4 is 27.3 Å². The molecule has 0 bridgehead atoms. The minimum Gasteiger partial charge on any atom is -0.279 e. The van der Waals surface area contributed by atoms with Crippen molar-refractivity contribution in [2.45, 2.75) is 11.8 Å². The standard InChI is InChI=1S/C17H16ClN3O2S/c1-12-8-9-14(10-15(12)18)20-24(22,23)16-11-21(2)19-17(16)13-6-4-3-5-7-13/h3-11,20H,1-2H3. The van der Waals surface area contributed by atoms with Gasteiger partial charge in [-0.15, -0.1) is 0 Å². The minimum absolute atomic E-state index is 0.118. The molecule has 7 heteroatoms. The maximum absolute atomic E-state index is 12.8. The molecule has 1 aromatic heterocycles. The van der Waals surface area contributed by atoms with Crippen molar-refractivity contribution in [1.82, 2.24) is 9.78 Å². The van der Waals surface area contributed by atoms with E-state index in [0.717, 1.165) is 11.1 Å². The second-order valence-electron chi connectivity index (χ2n) is 5.45. The fourth-order valence-electron chi connectivity index (χ4n) is 2.33. The summed E-state index contributed by atoms with van der Waals surface area (Å²) < 4.78 is 29.6. The van der Waals surface area contributed by atoms with Gasteiger partial charge in [0.2, 0.25) is 0 Å². The number of aromatic nitrogens is 2. The summed E-state index contributed by atoms with van der Waals surface area (Å²) in [4.78, 5) is 0.118. The Balaban J connectivity index is 2.03. The molecule has 0 aliphatic carbocycles. The summed E-state index contributed by atoms with van der Waals surface area (Å²) in [5.74, 6) is 0. The molecule has 0 atom stereocenters. The zero-order valence-corrected chi connectivity index (χ0v) is 14.8. The van der Waals surface area contributed by atoms with Crippen LogP contribution in [0.2, 0.25) is 5.02 Å². The molecule has 0 aliphatic heterocycles. The molecular formula is C17H16ClN3O2S. The summed E-state index contributed by atoms with van der Waals surface area (Å²) in [5.41, 5.74) is 2.43. The first-order valence-electron chi connectivity index (χ1n) is 7.25. The Morgan fingerprint density at radius 1 is 1.12 bits per heavy atom. The third-order valence-electron chi connectivity index (χ3n) is 3.56. The lowest BCUT2D eigenvalue weighted by atomic mass is 10.2. The van der Waals surface area contributed by atoms with Crippen LogP contribution in [0.3, 0.4) is 0 Å². The van der Waals surface area contributed by atoms with E-state index in [-0.39, 0.29) is 4.90 Å². The fourth-order valence-corrected chi connectivity index (χ4v) is 3.76. The summed E-state index contributed by atoms with van der Waals surface area (Å²) in [6.45, 7) is 1.86. The van der Waals surface area contributed by atoms with Gasteiger partial charge in [-0.25, -0.2) is 8.42 Å². The summed E-state index contributed by atoms with van der Waals surface area (Å²) in [7, 11) is -2.10. The highest BCUT2D eigenvalue weighted by Gasteiger charge is 2.23. The van der Waals surface area contributed by atoms with Gasteiger partial charge in [0.25, 0.3) is 10.0 Å². The Hall–Kier alpha value is -2.31. The number of sulfonamides is 1. The first-order chi connectivity index (χ1) is 11.4. The summed E-state index contributed by atoms with van der Waals surface area (Å²) in [6.07, 6.45) is 1.49. The van der Waals surface area contributed by atoms with Gasteiger partial charge in [-0.3, -0.25) is 9.40 Å². The van der Waals surface area contributed by atoms with Crippen molar-refractivity contribution in [2.24, 2.45) is 7.05 Å². The van der Waals surface area contributed by atoms with Gasteiger partial charge in [0.1, 0.15) is 10.6 Å². The van der Waals surface area contributed by atoms with E-state index < -0.39 is 10.0 Å². The highest BCUT2D eigenvalue weighted by molar-refractivity contribution is 7.92. The third kappa shape index (κ3) is 3.29. The molecule has 1 N–H and O–H groups in total. The van der Waals surface area contributed by atoms with Crippen LogP contribution in [0.5, 0.6) is 0 Å². The van der Waals surface area contributed by atoms with Gasteiger partial charge in [-0.05, 0) is 24.6 Å². The van der Waals surface area contributed by atoms with Crippen LogP contribution in [-0.4, -0.2) is 18.2 Å². The van der Waals surface area contributed by atoms with Gasteiger partial charge in [0, 0.05) is 23.8 Å². The molecule has 0 amide bonds. The summed E-state index contributed by atoms with van der Waals surface area (Å²) in [5, 5.41) is 4.80. The lowest BCUT2D eigenvalue weighted by molar-refractivity contribution is 0.601. The van der Waals surface area contributed by atoms with Gasteiger partial charge in [-0.1, -0.05) is 48.0 Å². The van der Waals surface area contributed by atoms with Crippen LogP contribution in [0.15, 0.2) is 59.6 Å². The van der Waals surface area contributed by atoms with E-state index in [9.17, 15) is 8.42 Å². The van der Waals surface area contributed by atoms with E-state index in [2.05, 4.69) is 9.82 Å². The normalized spacial score (nSPS) is 11.5. The number of halogens is 1. The Morgan fingerprint density at radius 2 is 1.83 bits per heavy atom. The van der Waals surface area contributed by atoms with Crippen molar-refractivity contribution in [3.05, 3.63) is 65.3 Å². The van der Waals surface area contributed by atoms with Crippen LogP contribution >= 0.6 is 11.6 Å². The molecule has 0 radical (unpaired) electrons. The second kappa shape index (κ2) is 6.30. The molecule has 2 aromatic carbocycles. The van der Waals surface area contributed by atoms with Crippen LogP contribution < -0.4 is 4.72 Å². The van der Waals surface area contributed by atoms with E-state index in [4.69, 9.17) is 11.6 Å². The first-order valence-corrected chi connectivity index (χ1v) is 9.11. The monoisotopic (exact) mass is 361 g/mol. The van der Waals surface area contributed by atoms with Crippen molar-refractivity contribution in [3.63, 3.8) is 0 Å². The maximum Gasteiger partial charge on any atom is 0.265 e. The van der Waals surface area contributed by atoms with Gasteiger partial charge in [-0.2, -0.15) is 5.10 Å². The van der Waals surface area contributed by atoms with Gasteiger partial charge < -0.3 is 0 Å². The van der Waals surface area contributed by atoms with E-state index in [1.54, 1.807) is 25.2 Å². The summed E-state index contributed by atoms with van der Waals surface area (Å²) in [6, 6.07) is 14.2. The first kappa shape index (κ1) is 16.5. The van der Waals surface area contributed by atoms with Crippen LogP contribution in [-0.2, 0) is 17.1 Å². The predicted octanol–water partition coefficient (Wildman–Crippen LogP) is 3.85. The quantitative estimate of drug-likeness (QED) is 0.767. The number of rotatable bonds is 4. The van der Waals surface area contributed by atoms with Crippen LogP contribution in [0, 0.1) is 6.92 Å². The second-order valence-corrected chi connectivity index (χ2v) is 7.51. The van der Waals surface area contributed by atoms with Crippen molar-refractivity contribution in [1.29, 1.82) is 0 Å². The van der Waals surface area contributed by atoms with Crippen LogP contribution in [0.1, 0.15) is 5.56 Å². The molecule has 0 fully saturated rings. The van der Waals surface area contributed by atoms with Gasteiger partial charge in [0.05, 0.1) is 5.69 Å². The zero-order chi connectivity index (χ0) is 17.3. The predicted molar refractivity (Wildman–Crippen MR) is 95.6 cm³/mol. The number of hydrogen-bond donors (Lipinski definition) is 1. The average Bonchev–Trinajstić information content (AvgIpc) is 2.94. The molecule has 1 heterocycles. The van der Waals surface area contributed by atoms with E-state index >= 15 is 0 Å². The molecule has 3 rings (SSSR count). The van der Waals surface area contributed by atoms with Crippen molar-refractivity contribution in [2.75, 3.05) is 4.72 Å². The number of nitrogens with zero attached hydrogens (tertiary/aromatic N) is 2. The molecule has 0 saturated heterocycles. The lowest BCUT2D eigenvalue weighted by Gasteiger charge is -2.09. The molecule has 3 aromatic rings. The molecule has 5 nitrogen and oxygen atoms in total. The SMILES string of the molecule is Cc1ccc(NS(=O)(=O)c2cn(C)nc2-c2ccccc2)cc1Cl. The molecule has 0 unspecified atom stereocenters. The van der Waals surface area contributed by atoms with Crippen LogP contribution in [0.25, 0.3) is 11.3 Å². The Morgan fingerprint density at radius 3 is 2.50 bits per heavy atom. The summed E-state index contributed by atoms with van der Waals surface area (Å²) >= 11 is 6.07. The smallest absolute Gasteiger partial charge is 0.265 e. The third-order valence-corrected chi connectivity index (χ3v) is 5.35. The Kier molecular flexibility index (Phi) is 4.34. The molecule has 24 heavy (non-hydrogen) atoms. The van der Waals surface area contributed by atoms with E-state index in [1.165, 1.54) is 10.9 Å². The number of nitrogens with one attached hydrogen (secondary N) is 1. The lowest BCUT2D eigenvalue weighted by Crippen LogP contribution is -2.13. The molecule has 0 saturated carbocycles. The molecule has 124 valence electrons. The molecular weight excluding hydrogens is 346 g/mol. The topological polar surface area (TPSA) is 64.0 Å². The number of aryl methyl sites for hydroxylation is 2. The Bertz CT molecular complexity index is 982. The number of anilines is 1. The number of hydrogen-bond acceptors (Lipinski definition) is 3. The van der Waals surface area contributed by atoms with Gasteiger partial charge in [0.15, 0.2) is 0 Å². The molecule has 0 spiro atoms. The largest absolute Gasteiger partial charge is 0.279 e. The van der Waals surface area contributed by atoms with Gasteiger partial charge >= 0.3 is 0 Å². The highest BCUT2D eigenvalue weighted by atomic mass is 35.5. The molecule has 0 aliphatic rings. The fraction of sp³-hybridized carbons (Fsp3) is 0.118. The average molecular weight is 362 g/mol. The van der Waals surface area contributed by atoms with E-state index in [1.807, 2.05) is 37.3 Å².